The third kappa shape index (κ3) is 6.34. The van der Waals surface area contributed by atoms with Crippen molar-refractivity contribution in [2.75, 3.05) is 51.8 Å². The zero-order valence-electron chi connectivity index (χ0n) is 18.1. The van der Waals surface area contributed by atoms with Crippen LogP contribution < -0.4 is 15.4 Å². The highest BCUT2D eigenvalue weighted by atomic mass is 16.5. The molecule has 2 fully saturated rings. The van der Waals surface area contributed by atoms with E-state index in [0.717, 1.165) is 70.0 Å². The predicted octanol–water partition coefficient (Wildman–Crippen LogP) is 2.31. The molecule has 1 atom stereocenters. The molecular formula is C22H34N4O4. The maximum Gasteiger partial charge on any atom is 0.319 e. The van der Waals surface area contributed by atoms with Crippen molar-refractivity contribution < 1.29 is 19.1 Å². The van der Waals surface area contributed by atoms with Gasteiger partial charge in [0.05, 0.1) is 7.11 Å². The number of piperidine rings is 1. The fraction of sp³-hybridized carbons (Fsp3) is 0.636. The number of rotatable bonds is 7. The normalized spacial score (nSPS) is 20.1. The van der Waals surface area contributed by atoms with E-state index in [1.54, 1.807) is 14.0 Å². The van der Waals surface area contributed by atoms with E-state index in [0.29, 0.717) is 18.6 Å². The third-order valence-electron chi connectivity index (χ3n) is 5.97. The van der Waals surface area contributed by atoms with E-state index in [4.69, 9.17) is 9.47 Å². The minimum absolute atomic E-state index is 0.142. The number of hydrogen-bond donors (Lipinski definition) is 2. The minimum Gasteiger partial charge on any atom is -0.497 e. The monoisotopic (exact) mass is 418 g/mol. The van der Waals surface area contributed by atoms with Gasteiger partial charge in [-0.25, -0.2) is 4.79 Å². The van der Waals surface area contributed by atoms with Gasteiger partial charge >= 0.3 is 6.03 Å². The van der Waals surface area contributed by atoms with E-state index in [1.807, 2.05) is 29.2 Å². The van der Waals surface area contributed by atoms with Gasteiger partial charge in [0.2, 0.25) is 5.91 Å². The van der Waals surface area contributed by atoms with E-state index in [9.17, 15) is 9.59 Å². The van der Waals surface area contributed by atoms with Crippen molar-refractivity contribution in [2.45, 2.75) is 44.7 Å². The molecule has 1 aromatic rings. The number of anilines is 1. The smallest absolute Gasteiger partial charge is 0.319 e. The van der Waals surface area contributed by atoms with Gasteiger partial charge in [0.1, 0.15) is 5.75 Å². The van der Waals surface area contributed by atoms with Crippen LogP contribution in [0.15, 0.2) is 24.3 Å². The predicted molar refractivity (Wildman–Crippen MR) is 116 cm³/mol. The summed E-state index contributed by atoms with van der Waals surface area (Å²) in [4.78, 5) is 28.6. The average Bonchev–Trinajstić information content (AvgIpc) is 2.78. The van der Waals surface area contributed by atoms with Gasteiger partial charge in [-0.2, -0.15) is 0 Å². The summed E-state index contributed by atoms with van der Waals surface area (Å²) in [6.07, 6.45) is 4.10. The molecule has 8 nitrogen and oxygen atoms in total. The van der Waals surface area contributed by atoms with Crippen LogP contribution in [0.2, 0.25) is 0 Å². The number of urea groups is 1. The molecule has 2 N–H and O–H groups in total. The Kier molecular flexibility index (Phi) is 8.33. The summed E-state index contributed by atoms with van der Waals surface area (Å²) in [5, 5.41) is 5.82. The number of benzene rings is 1. The van der Waals surface area contributed by atoms with Gasteiger partial charge in [0.25, 0.3) is 0 Å². The number of nitrogens with one attached hydrogen (secondary N) is 2. The molecule has 2 aliphatic rings. The first-order valence-electron chi connectivity index (χ1n) is 10.8. The molecule has 30 heavy (non-hydrogen) atoms. The molecule has 2 saturated heterocycles. The SMILES string of the molecule is COc1ccc(NC(=O)NCCN(C2CCOCC2)C2CCCN(C(C)=O)C2)cc1. The quantitative estimate of drug-likeness (QED) is 0.710. The molecule has 0 spiro atoms. The molecule has 2 aliphatic heterocycles. The van der Waals surface area contributed by atoms with Crippen LogP contribution in [-0.2, 0) is 9.53 Å². The highest BCUT2D eigenvalue weighted by molar-refractivity contribution is 5.89. The number of likely N-dealkylation sites (tertiary alicyclic amines) is 1. The summed E-state index contributed by atoms with van der Waals surface area (Å²) in [7, 11) is 1.61. The fourth-order valence-electron chi connectivity index (χ4n) is 4.34. The second kappa shape index (κ2) is 11.2. The summed E-state index contributed by atoms with van der Waals surface area (Å²) in [6, 6.07) is 7.79. The topological polar surface area (TPSA) is 83.1 Å². The number of nitrogens with zero attached hydrogens (tertiary/aromatic N) is 2. The number of ether oxygens (including phenoxy) is 2. The lowest BCUT2D eigenvalue weighted by Crippen LogP contribution is -2.55. The highest BCUT2D eigenvalue weighted by Crippen LogP contribution is 2.23. The molecule has 0 bridgehead atoms. The number of carbonyl (C=O) groups excluding carboxylic acids is 2. The number of methoxy groups -OCH3 is 1. The highest BCUT2D eigenvalue weighted by Gasteiger charge is 2.31. The van der Waals surface area contributed by atoms with E-state index >= 15 is 0 Å². The molecule has 2 heterocycles. The number of amides is 3. The van der Waals surface area contributed by atoms with Crippen LogP contribution in [0.4, 0.5) is 10.5 Å². The van der Waals surface area contributed by atoms with Gasteiger partial charge in [0, 0.05) is 64.1 Å². The molecule has 3 amide bonds. The first-order chi connectivity index (χ1) is 14.6. The van der Waals surface area contributed by atoms with Crippen molar-refractivity contribution in [2.24, 2.45) is 0 Å². The summed E-state index contributed by atoms with van der Waals surface area (Å²) >= 11 is 0. The van der Waals surface area contributed by atoms with Crippen molar-refractivity contribution in [1.82, 2.24) is 15.1 Å². The van der Waals surface area contributed by atoms with Crippen LogP contribution in [0.5, 0.6) is 5.75 Å². The molecule has 1 unspecified atom stereocenters. The van der Waals surface area contributed by atoms with E-state index in [-0.39, 0.29) is 11.9 Å². The van der Waals surface area contributed by atoms with Gasteiger partial charge in [0.15, 0.2) is 0 Å². The largest absolute Gasteiger partial charge is 0.497 e. The average molecular weight is 419 g/mol. The molecular weight excluding hydrogens is 384 g/mol. The van der Waals surface area contributed by atoms with Crippen LogP contribution in [0.3, 0.4) is 0 Å². The van der Waals surface area contributed by atoms with Gasteiger partial charge in [-0.1, -0.05) is 0 Å². The van der Waals surface area contributed by atoms with Gasteiger partial charge in [-0.05, 0) is 49.9 Å². The van der Waals surface area contributed by atoms with Crippen LogP contribution in [0, 0.1) is 0 Å². The van der Waals surface area contributed by atoms with Crippen LogP contribution in [0.25, 0.3) is 0 Å². The number of carbonyl (C=O) groups is 2. The lowest BCUT2D eigenvalue weighted by molar-refractivity contribution is -0.131. The Labute approximate surface area is 178 Å². The van der Waals surface area contributed by atoms with Crippen molar-refractivity contribution in [3.8, 4) is 5.75 Å². The van der Waals surface area contributed by atoms with E-state index in [2.05, 4.69) is 15.5 Å². The van der Waals surface area contributed by atoms with Gasteiger partial charge < -0.3 is 25.0 Å². The standard InChI is InChI=1S/C22H34N4O4/c1-17(27)25-12-3-4-20(16-25)26(19-9-14-30-15-10-19)13-11-23-22(28)24-18-5-7-21(29-2)8-6-18/h5-8,19-20H,3-4,9-16H2,1-2H3,(H2,23,24,28). The Morgan fingerprint density at radius 1 is 1.17 bits per heavy atom. The Morgan fingerprint density at radius 3 is 2.57 bits per heavy atom. The zero-order chi connectivity index (χ0) is 21.3. The van der Waals surface area contributed by atoms with Crippen LogP contribution >= 0.6 is 0 Å². The van der Waals surface area contributed by atoms with Crippen molar-refractivity contribution in [1.29, 1.82) is 0 Å². The summed E-state index contributed by atoms with van der Waals surface area (Å²) in [6.45, 7) is 6.12. The van der Waals surface area contributed by atoms with Crippen molar-refractivity contribution in [3.63, 3.8) is 0 Å². The third-order valence-corrected chi connectivity index (χ3v) is 5.97. The Balaban J connectivity index is 1.53. The van der Waals surface area contributed by atoms with E-state index < -0.39 is 0 Å². The molecule has 3 rings (SSSR count). The maximum atomic E-state index is 12.3. The molecule has 166 valence electrons. The zero-order valence-corrected chi connectivity index (χ0v) is 18.1. The van der Waals surface area contributed by atoms with Crippen molar-refractivity contribution >= 4 is 17.6 Å². The summed E-state index contributed by atoms with van der Waals surface area (Å²) in [5.41, 5.74) is 0.721. The second-order valence-corrected chi connectivity index (χ2v) is 7.95. The van der Waals surface area contributed by atoms with Crippen LogP contribution in [0.1, 0.15) is 32.6 Å². The van der Waals surface area contributed by atoms with Crippen LogP contribution in [-0.4, -0.2) is 80.3 Å². The molecule has 0 radical (unpaired) electrons. The lowest BCUT2D eigenvalue weighted by Gasteiger charge is -2.44. The minimum atomic E-state index is -0.221. The summed E-state index contributed by atoms with van der Waals surface area (Å²) in [5.74, 6) is 0.892. The Bertz CT molecular complexity index is 691. The molecule has 0 saturated carbocycles. The van der Waals surface area contributed by atoms with Gasteiger partial charge in [-0.3, -0.25) is 9.69 Å². The molecule has 1 aromatic carbocycles. The number of hydrogen-bond acceptors (Lipinski definition) is 5. The maximum absolute atomic E-state index is 12.3. The molecule has 0 aliphatic carbocycles. The Morgan fingerprint density at radius 2 is 1.90 bits per heavy atom. The lowest BCUT2D eigenvalue weighted by atomic mass is 9.98. The molecule has 8 heteroatoms. The first kappa shape index (κ1) is 22.4. The van der Waals surface area contributed by atoms with E-state index in [1.165, 1.54) is 0 Å². The molecule has 0 aromatic heterocycles. The fourth-order valence-corrected chi connectivity index (χ4v) is 4.34. The van der Waals surface area contributed by atoms with Crippen molar-refractivity contribution in [3.05, 3.63) is 24.3 Å². The Hall–Kier alpha value is -2.32. The summed E-state index contributed by atoms with van der Waals surface area (Å²) < 4.78 is 10.7. The first-order valence-corrected chi connectivity index (χ1v) is 10.8. The second-order valence-electron chi connectivity index (χ2n) is 7.95. The van der Waals surface area contributed by atoms with Gasteiger partial charge in [-0.15, -0.1) is 0 Å².